The van der Waals surface area contributed by atoms with Gasteiger partial charge in [0.2, 0.25) is 0 Å². The predicted molar refractivity (Wildman–Crippen MR) is 64.9 cm³/mol. The minimum Gasteiger partial charge on any atom is -0.388 e. The number of hydrogen-bond donors (Lipinski definition) is 1. The third-order valence-corrected chi connectivity index (χ3v) is 3.71. The molecule has 0 aliphatic heterocycles. The standard InChI is InChI=1S/C14H21NO/c1-10-7-11(2)9-13(8-10)14(16)12-3-5-15-6-4-12/h3-6,10-11,13-14,16H,7-9H2,1-2H3. The number of hydrogen-bond acceptors (Lipinski definition) is 2. The molecule has 2 rings (SSSR count). The summed E-state index contributed by atoms with van der Waals surface area (Å²) >= 11 is 0. The Labute approximate surface area is 97.7 Å². The quantitative estimate of drug-likeness (QED) is 0.828. The molecule has 3 atom stereocenters. The molecule has 1 fully saturated rings. The SMILES string of the molecule is CC1CC(C)CC(C(O)c2ccncc2)C1. The van der Waals surface area contributed by atoms with Crippen LogP contribution in [0.15, 0.2) is 24.5 Å². The summed E-state index contributed by atoms with van der Waals surface area (Å²) in [5, 5.41) is 10.4. The fourth-order valence-corrected chi connectivity index (χ4v) is 3.10. The van der Waals surface area contributed by atoms with Crippen LogP contribution in [0, 0.1) is 17.8 Å². The van der Waals surface area contributed by atoms with Gasteiger partial charge >= 0.3 is 0 Å². The van der Waals surface area contributed by atoms with Crippen LogP contribution in [0.2, 0.25) is 0 Å². The number of rotatable bonds is 2. The maximum atomic E-state index is 10.4. The van der Waals surface area contributed by atoms with Gasteiger partial charge in [0.25, 0.3) is 0 Å². The molecule has 1 aliphatic rings. The summed E-state index contributed by atoms with van der Waals surface area (Å²) < 4.78 is 0. The van der Waals surface area contributed by atoms with Gasteiger partial charge in [-0.1, -0.05) is 13.8 Å². The summed E-state index contributed by atoms with van der Waals surface area (Å²) in [6.45, 7) is 4.59. The molecule has 0 bridgehead atoms. The normalized spacial score (nSPS) is 32.3. The molecule has 0 radical (unpaired) electrons. The van der Waals surface area contributed by atoms with Crippen LogP contribution in [0.5, 0.6) is 0 Å². The van der Waals surface area contributed by atoms with Gasteiger partial charge in [0.05, 0.1) is 6.10 Å². The fourth-order valence-electron chi connectivity index (χ4n) is 3.10. The Morgan fingerprint density at radius 2 is 1.69 bits per heavy atom. The first-order valence-electron chi connectivity index (χ1n) is 6.24. The van der Waals surface area contributed by atoms with E-state index in [2.05, 4.69) is 18.8 Å². The Morgan fingerprint density at radius 1 is 1.12 bits per heavy atom. The molecule has 1 heterocycles. The lowest BCUT2D eigenvalue weighted by molar-refractivity contribution is 0.0551. The topological polar surface area (TPSA) is 33.1 Å². The Hall–Kier alpha value is -0.890. The molecule has 1 aromatic heterocycles. The van der Waals surface area contributed by atoms with Gasteiger partial charge in [-0.25, -0.2) is 0 Å². The summed E-state index contributed by atoms with van der Waals surface area (Å²) in [6, 6.07) is 3.85. The van der Waals surface area contributed by atoms with Crippen molar-refractivity contribution >= 4 is 0 Å². The van der Waals surface area contributed by atoms with Crippen molar-refractivity contribution in [2.45, 2.75) is 39.2 Å². The van der Waals surface area contributed by atoms with E-state index in [1.165, 1.54) is 6.42 Å². The molecule has 0 spiro atoms. The van der Waals surface area contributed by atoms with Gasteiger partial charge in [-0.05, 0) is 54.7 Å². The maximum Gasteiger partial charge on any atom is 0.0819 e. The summed E-state index contributed by atoms with van der Waals surface area (Å²) in [7, 11) is 0. The largest absolute Gasteiger partial charge is 0.388 e. The van der Waals surface area contributed by atoms with Crippen LogP contribution in [0.1, 0.15) is 44.8 Å². The molecule has 88 valence electrons. The van der Waals surface area contributed by atoms with E-state index in [1.807, 2.05) is 12.1 Å². The molecule has 1 saturated carbocycles. The van der Waals surface area contributed by atoms with E-state index in [0.29, 0.717) is 5.92 Å². The van der Waals surface area contributed by atoms with Gasteiger partial charge < -0.3 is 5.11 Å². The van der Waals surface area contributed by atoms with Crippen LogP contribution < -0.4 is 0 Å². The van der Waals surface area contributed by atoms with E-state index in [9.17, 15) is 5.11 Å². The highest BCUT2D eigenvalue weighted by Crippen LogP contribution is 2.39. The third-order valence-electron chi connectivity index (χ3n) is 3.71. The maximum absolute atomic E-state index is 10.4. The van der Waals surface area contributed by atoms with Crippen LogP contribution >= 0.6 is 0 Å². The predicted octanol–water partition coefficient (Wildman–Crippen LogP) is 3.19. The van der Waals surface area contributed by atoms with E-state index < -0.39 is 0 Å². The lowest BCUT2D eigenvalue weighted by atomic mass is 9.73. The zero-order chi connectivity index (χ0) is 11.5. The lowest BCUT2D eigenvalue weighted by Gasteiger charge is -2.34. The van der Waals surface area contributed by atoms with Gasteiger partial charge in [-0.3, -0.25) is 4.98 Å². The van der Waals surface area contributed by atoms with Crippen molar-refractivity contribution < 1.29 is 5.11 Å². The van der Waals surface area contributed by atoms with Crippen LogP contribution in [0.3, 0.4) is 0 Å². The van der Waals surface area contributed by atoms with Crippen molar-refractivity contribution in [3.8, 4) is 0 Å². The van der Waals surface area contributed by atoms with Gasteiger partial charge in [-0.15, -0.1) is 0 Å². The van der Waals surface area contributed by atoms with Gasteiger partial charge in [0.1, 0.15) is 0 Å². The van der Waals surface area contributed by atoms with Crippen LogP contribution in [0.25, 0.3) is 0 Å². The Morgan fingerprint density at radius 3 is 2.25 bits per heavy atom. The highest BCUT2D eigenvalue weighted by molar-refractivity contribution is 5.14. The van der Waals surface area contributed by atoms with Crippen molar-refractivity contribution in [1.82, 2.24) is 4.98 Å². The van der Waals surface area contributed by atoms with Crippen LogP contribution in [-0.4, -0.2) is 10.1 Å². The number of nitrogens with zero attached hydrogens (tertiary/aromatic N) is 1. The Kier molecular flexibility index (Phi) is 3.59. The van der Waals surface area contributed by atoms with Gasteiger partial charge in [-0.2, -0.15) is 0 Å². The molecule has 3 unspecified atom stereocenters. The Balaban J connectivity index is 2.07. The number of aliphatic hydroxyl groups excluding tert-OH is 1. The molecule has 1 N–H and O–H groups in total. The van der Waals surface area contributed by atoms with E-state index in [-0.39, 0.29) is 6.10 Å². The summed E-state index contributed by atoms with van der Waals surface area (Å²) in [5.74, 6) is 1.90. The molecule has 2 heteroatoms. The second-order valence-electron chi connectivity index (χ2n) is 5.40. The second kappa shape index (κ2) is 4.96. The molecule has 1 aromatic rings. The molecular weight excluding hydrogens is 198 g/mol. The first kappa shape index (κ1) is 11.6. The molecule has 0 aromatic carbocycles. The minimum atomic E-state index is -0.312. The highest BCUT2D eigenvalue weighted by atomic mass is 16.3. The van der Waals surface area contributed by atoms with Gasteiger partial charge in [0.15, 0.2) is 0 Å². The average molecular weight is 219 g/mol. The summed E-state index contributed by atoms with van der Waals surface area (Å²) in [5.41, 5.74) is 1.02. The molecule has 2 nitrogen and oxygen atoms in total. The average Bonchev–Trinajstić information content (AvgIpc) is 2.28. The molecule has 0 amide bonds. The highest BCUT2D eigenvalue weighted by Gasteiger charge is 2.29. The molecule has 1 aliphatic carbocycles. The lowest BCUT2D eigenvalue weighted by Crippen LogP contribution is -2.24. The fraction of sp³-hybridized carbons (Fsp3) is 0.643. The van der Waals surface area contributed by atoms with Gasteiger partial charge in [0, 0.05) is 12.4 Å². The zero-order valence-corrected chi connectivity index (χ0v) is 10.1. The van der Waals surface area contributed by atoms with E-state index >= 15 is 0 Å². The number of aromatic nitrogens is 1. The monoisotopic (exact) mass is 219 g/mol. The summed E-state index contributed by atoms with van der Waals surface area (Å²) in [4.78, 5) is 3.99. The second-order valence-corrected chi connectivity index (χ2v) is 5.40. The van der Waals surface area contributed by atoms with E-state index in [0.717, 1.165) is 30.2 Å². The molecule has 16 heavy (non-hydrogen) atoms. The first-order chi connectivity index (χ1) is 7.66. The van der Waals surface area contributed by atoms with Crippen molar-refractivity contribution in [1.29, 1.82) is 0 Å². The van der Waals surface area contributed by atoms with Crippen molar-refractivity contribution in [2.75, 3.05) is 0 Å². The van der Waals surface area contributed by atoms with Crippen LogP contribution in [0.4, 0.5) is 0 Å². The van der Waals surface area contributed by atoms with Crippen molar-refractivity contribution in [2.24, 2.45) is 17.8 Å². The molecule has 0 saturated heterocycles. The number of pyridine rings is 1. The third kappa shape index (κ3) is 2.62. The van der Waals surface area contributed by atoms with E-state index in [4.69, 9.17) is 0 Å². The van der Waals surface area contributed by atoms with Crippen LogP contribution in [-0.2, 0) is 0 Å². The molecular formula is C14H21NO. The van der Waals surface area contributed by atoms with Crippen molar-refractivity contribution in [3.63, 3.8) is 0 Å². The first-order valence-corrected chi connectivity index (χ1v) is 6.24. The zero-order valence-electron chi connectivity index (χ0n) is 10.1. The minimum absolute atomic E-state index is 0.312. The summed E-state index contributed by atoms with van der Waals surface area (Å²) in [6.07, 6.45) is 6.80. The Bertz CT molecular complexity index is 315. The number of aliphatic hydroxyl groups is 1. The van der Waals surface area contributed by atoms with Crippen molar-refractivity contribution in [3.05, 3.63) is 30.1 Å². The van der Waals surface area contributed by atoms with E-state index in [1.54, 1.807) is 12.4 Å². The smallest absolute Gasteiger partial charge is 0.0819 e.